The Bertz CT molecular complexity index is 1700. The molecular weight excluding hydrogens is 731 g/mol. The van der Waals surface area contributed by atoms with Crippen LogP contribution in [0, 0.1) is 23.6 Å². The molecule has 2 aromatic rings. The van der Waals surface area contributed by atoms with Crippen molar-refractivity contribution in [2.75, 3.05) is 39.6 Å². The molecule has 312 valence electrons. The Morgan fingerprint density at radius 3 is 2.61 bits per heavy atom. The number of fused-ring (bicyclic) bond motifs is 2. The predicted molar refractivity (Wildman–Crippen MR) is 214 cm³/mol. The number of hydrogen-bond acceptors (Lipinski definition) is 10. The van der Waals surface area contributed by atoms with Crippen LogP contribution in [0.5, 0.6) is 11.5 Å². The van der Waals surface area contributed by atoms with Gasteiger partial charge in [-0.1, -0.05) is 55.3 Å². The third kappa shape index (κ3) is 9.67. The van der Waals surface area contributed by atoms with Gasteiger partial charge in [0.05, 0.1) is 31.5 Å². The van der Waals surface area contributed by atoms with Crippen molar-refractivity contribution in [2.24, 2.45) is 22.9 Å². The van der Waals surface area contributed by atoms with Crippen LogP contribution in [0.2, 0.25) is 0 Å². The third-order valence-corrected chi connectivity index (χ3v) is 11.8. The molecule has 57 heavy (non-hydrogen) atoms. The van der Waals surface area contributed by atoms with Gasteiger partial charge in [-0.2, -0.15) is 0 Å². The highest BCUT2D eigenvalue weighted by molar-refractivity contribution is 6.03. The highest BCUT2D eigenvalue weighted by atomic mass is 19.1. The molecule has 2 N–H and O–H groups in total. The molecule has 1 saturated heterocycles. The van der Waals surface area contributed by atoms with Crippen LogP contribution in [0.1, 0.15) is 102 Å². The summed E-state index contributed by atoms with van der Waals surface area (Å²) in [6.07, 6.45) is 11.2. The zero-order chi connectivity index (χ0) is 40.2. The molecule has 7 atom stereocenters. The van der Waals surface area contributed by atoms with Crippen LogP contribution in [-0.4, -0.2) is 84.6 Å². The maximum absolute atomic E-state index is 14.7. The number of carbonyl (C=O) groups is 1. The van der Waals surface area contributed by atoms with Gasteiger partial charge in [0.2, 0.25) is 12.1 Å². The summed E-state index contributed by atoms with van der Waals surface area (Å²) in [5.74, 6) is -1.12. The lowest BCUT2D eigenvalue weighted by Crippen LogP contribution is -2.70. The molecule has 2 aliphatic heterocycles. The van der Waals surface area contributed by atoms with Gasteiger partial charge in [-0.15, -0.1) is 6.58 Å². The van der Waals surface area contributed by atoms with E-state index >= 15 is 0 Å². The summed E-state index contributed by atoms with van der Waals surface area (Å²) < 4.78 is 46.8. The third-order valence-electron chi connectivity index (χ3n) is 11.8. The number of amides is 1. The largest absolute Gasteiger partial charge is 0.489 e. The fourth-order valence-electron chi connectivity index (χ4n) is 9.25. The normalized spacial score (nSPS) is 27.0. The Hall–Kier alpha value is -3.97. The average molecular weight is 793 g/mol. The second-order valence-electron chi connectivity index (χ2n) is 15.4. The maximum atomic E-state index is 14.7. The monoisotopic (exact) mass is 792 g/mol. The minimum atomic E-state index is -1.39. The SMILES string of the molecule is C=CCOC12Oc3ccc(OCc4ccccc4F)cc3C3C(CCCCO)C(CCCCO)C=C(C(=NOC4CCCCO4)CC1N(CCC)C(=O)OCC)C32. The van der Waals surface area contributed by atoms with E-state index < -0.39 is 30.1 Å². The van der Waals surface area contributed by atoms with Gasteiger partial charge in [0, 0.05) is 49.6 Å². The maximum Gasteiger partial charge on any atom is 0.410 e. The first-order valence-electron chi connectivity index (χ1n) is 21.0. The molecule has 1 amide bonds. The smallest absolute Gasteiger partial charge is 0.410 e. The Balaban J connectivity index is 1.55. The van der Waals surface area contributed by atoms with Gasteiger partial charge in [0.15, 0.2) is 0 Å². The highest BCUT2D eigenvalue weighted by Crippen LogP contribution is 2.62. The summed E-state index contributed by atoms with van der Waals surface area (Å²) in [7, 11) is 0. The lowest BCUT2D eigenvalue weighted by molar-refractivity contribution is -0.255. The van der Waals surface area contributed by atoms with Crippen LogP contribution < -0.4 is 9.47 Å². The number of rotatable bonds is 20. The lowest BCUT2D eigenvalue weighted by atomic mass is 9.55. The number of benzene rings is 2. The van der Waals surface area contributed by atoms with E-state index in [2.05, 4.69) is 12.7 Å². The first-order chi connectivity index (χ1) is 27.9. The number of oxime groups is 1. The van der Waals surface area contributed by atoms with E-state index in [0.29, 0.717) is 55.2 Å². The van der Waals surface area contributed by atoms with E-state index in [-0.39, 0.29) is 63.0 Å². The van der Waals surface area contributed by atoms with Crippen molar-refractivity contribution in [1.82, 2.24) is 4.90 Å². The van der Waals surface area contributed by atoms with Crippen molar-refractivity contribution in [1.29, 1.82) is 0 Å². The molecule has 12 heteroatoms. The van der Waals surface area contributed by atoms with Gasteiger partial charge in [-0.05, 0) is 93.5 Å². The van der Waals surface area contributed by atoms with Gasteiger partial charge in [0.25, 0.3) is 0 Å². The number of allylic oxidation sites excluding steroid dienone is 1. The average Bonchev–Trinajstić information content (AvgIpc) is 3.22. The summed E-state index contributed by atoms with van der Waals surface area (Å²) in [4.78, 5) is 21.9. The Morgan fingerprint density at radius 1 is 1.09 bits per heavy atom. The topological polar surface area (TPSA) is 129 Å². The summed E-state index contributed by atoms with van der Waals surface area (Å²) in [5, 5.41) is 24.6. The van der Waals surface area contributed by atoms with Crippen molar-refractivity contribution in [3.05, 3.63) is 83.7 Å². The first kappa shape index (κ1) is 42.6. The first-order valence-corrected chi connectivity index (χ1v) is 21.0. The van der Waals surface area contributed by atoms with Crippen LogP contribution in [0.15, 0.2) is 71.9 Å². The Labute approximate surface area is 336 Å². The van der Waals surface area contributed by atoms with E-state index in [1.807, 2.05) is 25.1 Å². The summed E-state index contributed by atoms with van der Waals surface area (Å²) >= 11 is 0. The lowest BCUT2D eigenvalue weighted by Gasteiger charge is -2.60. The standard InChI is InChI=1S/C45H61FN2O9/c1-4-22-48(44(51)52-6-3)40-29-38(47-57-41-19-11-14-26-53-41)35-27-31(15-9-12-23-49)34(17-10-13-24-50)42-36-28-33(54-30-32-16-7-8-18-37(32)46)20-21-39(36)56-45(40,43(35)42)55-25-5-2/h5,7-8,16,18,20-21,27-28,31,34,40-43,49-50H,2,4,6,9-15,17,19,22-26,29-30H2,1,3H3. The van der Waals surface area contributed by atoms with Crippen molar-refractivity contribution in [3.8, 4) is 11.5 Å². The summed E-state index contributed by atoms with van der Waals surface area (Å²) in [6.45, 7) is 9.41. The van der Waals surface area contributed by atoms with Gasteiger partial charge in [0.1, 0.15) is 30.0 Å². The van der Waals surface area contributed by atoms with Crippen LogP contribution in [0.3, 0.4) is 0 Å². The van der Waals surface area contributed by atoms with Crippen molar-refractivity contribution in [2.45, 2.75) is 115 Å². The Kier molecular flexibility index (Phi) is 15.4. The second-order valence-corrected chi connectivity index (χ2v) is 15.4. The molecular formula is C45H61FN2O9. The molecule has 4 aliphatic rings. The van der Waals surface area contributed by atoms with Gasteiger partial charge in [-0.25, -0.2) is 9.18 Å². The zero-order valence-corrected chi connectivity index (χ0v) is 33.6. The summed E-state index contributed by atoms with van der Waals surface area (Å²) in [5.41, 5.74) is 3.01. The molecule has 6 rings (SSSR count). The molecule has 2 fully saturated rings. The molecule has 2 aromatic carbocycles. The fourth-order valence-corrected chi connectivity index (χ4v) is 9.25. The molecule has 2 heterocycles. The molecule has 0 radical (unpaired) electrons. The second kappa shape index (κ2) is 20.6. The minimum Gasteiger partial charge on any atom is -0.489 e. The van der Waals surface area contributed by atoms with Crippen LogP contribution in [0.4, 0.5) is 9.18 Å². The molecule has 0 aromatic heterocycles. The number of halogens is 1. The minimum absolute atomic E-state index is 0.0463. The Morgan fingerprint density at radius 2 is 1.89 bits per heavy atom. The number of aliphatic hydroxyl groups is 2. The van der Waals surface area contributed by atoms with Gasteiger partial charge >= 0.3 is 6.09 Å². The van der Waals surface area contributed by atoms with E-state index in [0.717, 1.165) is 56.1 Å². The van der Waals surface area contributed by atoms with Crippen molar-refractivity contribution >= 4 is 11.8 Å². The fraction of sp³-hybridized carbons (Fsp3) is 0.600. The van der Waals surface area contributed by atoms with E-state index in [1.54, 1.807) is 36.1 Å². The molecule has 0 spiro atoms. The van der Waals surface area contributed by atoms with Crippen LogP contribution in [0.25, 0.3) is 0 Å². The number of carbonyl (C=O) groups excluding carboxylic acids is 1. The van der Waals surface area contributed by atoms with Gasteiger partial charge < -0.3 is 38.7 Å². The zero-order valence-electron chi connectivity index (χ0n) is 33.6. The number of hydrogen-bond donors (Lipinski definition) is 2. The van der Waals surface area contributed by atoms with Gasteiger partial charge in [-0.3, -0.25) is 4.90 Å². The van der Waals surface area contributed by atoms with E-state index in [9.17, 15) is 19.4 Å². The number of unbranched alkanes of at least 4 members (excludes halogenated alkanes) is 2. The molecule has 1 saturated carbocycles. The van der Waals surface area contributed by atoms with Crippen molar-refractivity contribution < 1.29 is 47.9 Å². The molecule has 0 bridgehead atoms. The number of ether oxygens (including phenoxy) is 5. The molecule has 7 unspecified atom stereocenters. The predicted octanol–water partition coefficient (Wildman–Crippen LogP) is 8.43. The quantitative estimate of drug-likeness (QED) is 0.0772. The van der Waals surface area contributed by atoms with E-state index in [4.69, 9.17) is 33.7 Å². The summed E-state index contributed by atoms with van der Waals surface area (Å²) in [6, 6.07) is 11.6. The van der Waals surface area contributed by atoms with Crippen LogP contribution >= 0.6 is 0 Å². The highest BCUT2D eigenvalue weighted by Gasteiger charge is 2.65. The molecule has 11 nitrogen and oxygen atoms in total. The van der Waals surface area contributed by atoms with Crippen LogP contribution in [-0.2, 0) is 25.7 Å². The van der Waals surface area contributed by atoms with E-state index in [1.165, 1.54) is 6.07 Å². The van der Waals surface area contributed by atoms with Crippen molar-refractivity contribution in [3.63, 3.8) is 0 Å². The number of aliphatic hydroxyl groups excluding tert-OH is 2. The number of nitrogens with zero attached hydrogens (tertiary/aromatic N) is 2. The molecule has 2 aliphatic carbocycles.